The molecular formula is C13H22N2O2S2. The van der Waals surface area contributed by atoms with Crippen LogP contribution in [0.5, 0.6) is 0 Å². The zero-order valence-corrected chi connectivity index (χ0v) is 13.1. The van der Waals surface area contributed by atoms with E-state index in [2.05, 4.69) is 19.2 Å². The van der Waals surface area contributed by atoms with E-state index in [9.17, 15) is 8.42 Å². The molecule has 1 aliphatic rings. The normalized spacial score (nSPS) is 20.5. The first-order valence-corrected chi connectivity index (χ1v) is 9.14. The highest BCUT2D eigenvalue weighted by molar-refractivity contribution is 7.91. The lowest BCUT2D eigenvalue weighted by Gasteiger charge is -2.34. The van der Waals surface area contributed by atoms with Crippen molar-refractivity contribution in [1.82, 2.24) is 9.62 Å². The summed E-state index contributed by atoms with van der Waals surface area (Å²) < 4.78 is 26.8. The van der Waals surface area contributed by atoms with E-state index in [1.54, 1.807) is 16.4 Å². The highest BCUT2D eigenvalue weighted by Gasteiger charge is 2.31. The molecule has 1 aliphatic heterocycles. The van der Waals surface area contributed by atoms with E-state index < -0.39 is 10.0 Å². The molecule has 1 aromatic heterocycles. The Labute approximate surface area is 119 Å². The number of nitrogens with zero attached hydrogens (tertiary/aromatic N) is 1. The average Bonchev–Trinajstić information content (AvgIpc) is 2.94. The standard InChI is InChI=1S/C13H22N2O2S2/c1-3-14-11(2)12-6-8-15(9-7-12)19(16,17)13-5-4-10-18-13/h4-5,10-12,14H,3,6-9H2,1-2H3. The number of piperidine rings is 1. The fraction of sp³-hybridized carbons (Fsp3) is 0.692. The fourth-order valence-corrected chi connectivity index (χ4v) is 5.26. The van der Waals surface area contributed by atoms with Crippen molar-refractivity contribution in [3.05, 3.63) is 17.5 Å². The lowest BCUT2D eigenvalue weighted by molar-refractivity contribution is 0.233. The Morgan fingerprint density at radius 3 is 2.68 bits per heavy atom. The largest absolute Gasteiger partial charge is 0.314 e. The third kappa shape index (κ3) is 3.37. The summed E-state index contributed by atoms with van der Waals surface area (Å²) in [5, 5.41) is 5.24. The summed E-state index contributed by atoms with van der Waals surface area (Å²) >= 11 is 1.30. The number of sulfonamides is 1. The molecule has 1 aromatic rings. The van der Waals surface area contributed by atoms with Crippen molar-refractivity contribution in [3.63, 3.8) is 0 Å². The van der Waals surface area contributed by atoms with Crippen LogP contribution in [0.1, 0.15) is 26.7 Å². The van der Waals surface area contributed by atoms with Gasteiger partial charge in [0.2, 0.25) is 0 Å². The first kappa shape index (κ1) is 15.0. The molecule has 4 nitrogen and oxygen atoms in total. The second-order valence-electron chi connectivity index (χ2n) is 5.02. The van der Waals surface area contributed by atoms with Crippen molar-refractivity contribution in [2.24, 2.45) is 5.92 Å². The van der Waals surface area contributed by atoms with Crippen molar-refractivity contribution in [2.45, 2.75) is 36.9 Å². The molecule has 1 saturated heterocycles. The molecule has 0 amide bonds. The SMILES string of the molecule is CCNC(C)C1CCN(S(=O)(=O)c2cccs2)CC1. The van der Waals surface area contributed by atoms with Crippen molar-refractivity contribution in [3.8, 4) is 0 Å². The topological polar surface area (TPSA) is 49.4 Å². The van der Waals surface area contributed by atoms with Gasteiger partial charge in [0.15, 0.2) is 0 Å². The zero-order chi connectivity index (χ0) is 13.9. The van der Waals surface area contributed by atoms with E-state index in [1.807, 2.05) is 5.38 Å². The molecule has 108 valence electrons. The Kier molecular flexibility index (Phi) is 5.00. The third-order valence-electron chi connectivity index (χ3n) is 3.82. The molecule has 0 radical (unpaired) electrons. The number of hydrogen-bond donors (Lipinski definition) is 1. The van der Waals surface area contributed by atoms with Gasteiger partial charge < -0.3 is 5.32 Å². The van der Waals surface area contributed by atoms with Crippen LogP contribution in [0.15, 0.2) is 21.7 Å². The molecule has 0 saturated carbocycles. The summed E-state index contributed by atoms with van der Waals surface area (Å²) in [4.78, 5) is 0. The smallest absolute Gasteiger partial charge is 0.252 e. The van der Waals surface area contributed by atoms with Crippen molar-refractivity contribution >= 4 is 21.4 Å². The van der Waals surface area contributed by atoms with Crippen LogP contribution in [0.2, 0.25) is 0 Å². The Bertz CT molecular complexity index is 477. The summed E-state index contributed by atoms with van der Waals surface area (Å²) in [5.74, 6) is 0.578. The number of hydrogen-bond acceptors (Lipinski definition) is 4. The minimum Gasteiger partial charge on any atom is -0.314 e. The molecule has 6 heteroatoms. The van der Waals surface area contributed by atoms with Gasteiger partial charge in [-0.1, -0.05) is 13.0 Å². The molecule has 1 fully saturated rings. The third-order valence-corrected chi connectivity index (χ3v) is 7.09. The van der Waals surface area contributed by atoms with Gasteiger partial charge in [0.1, 0.15) is 4.21 Å². The van der Waals surface area contributed by atoms with Gasteiger partial charge in [-0.15, -0.1) is 11.3 Å². The Morgan fingerprint density at radius 2 is 2.16 bits per heavy atom. The van der Waals surface area contributed by atoms with E-state index in [0.29, 0.717) is 29.3 Å². The molecule has 0 aromatic carbocycles. The van der Waals surface area contributed by atoms with Crippen molar-refractivity contribution in [2.75, 3.05) is 19.6 Å². The fourth-order valence-electron chi connectivity index (χ4n) is 2.64. The van der Waals surface area contributed by atoms with E-state index in [-0.39, 0.29) is 0 Å². The summed E-state index contributed by atoms with van der Waals surface area (Å²) in [7, 11) is -3.25. The monoisotopic (exact) mass is 302 g/mol. The predicted octanol–water partition coefficient (Wildman–Crippen LogP) is 2.15. The van der Waals surface area contributed by atoms with Crippen LogP contribution in [0, 0.1) is 5.92 Å². The number of nitrogens with one attached hydrogen (secondary N) is 1. The minimum atomic E-state index is -3.25. The molecule has 1 unspecified atom stereocenters. The van der Waals surface area contributed by atoms with Crippen molar-refractivity contribution < 1.29 is 8.42 Å². The maximum Gasteiger partial charge on any atom is 0.252 e. The Morgan fingerprint density at radius 1 is 1.47 bits per heavy atom. The van der Waals surface area contributed by atoms with Gasteiger partial charge in [-0.2, -0.15) is 4.31 Å². The lowest BCUT2D eigenvalue weighted by Crippen LogP contribution is -2.43. The predicted molar refractivity (Wildman–Crippen MR) is 78.9 cm³/mol. The van der Waals surface area contributed by atoms with Crippen LogP contribution in [0.25, 0.3) is 0 Å². The zero-order valence-electron chi connectivity index (χ0n) is 11.5. The minimum absolute atomic E-state index is 0.464. The van der Waals surface area contributed by atoms with Crippen LogP contribution in [0.4, 0.5) is 0 Å². The lowest BCUT2D eigenvalue weighted by atomic mass is 9.91. The second kappa shape index (κ2) is 6.35. The first-order valence-electron chi connectivity index (χ1n) is 6.82. The van der Waals surface area contributed by atoms with Gasteiger partial charge in [0, 0.05) is 19.1 Å². The van der Waals surface area contributed by atoms with Gasteiger partial charge in [-0.3, -0.25) is 0 Å². The van der Waals surface area contributed by atoms with Gasteiger partial charge in [-0.05, 0) is 43.7 Å². The van der Waals surface area contributed by atoms with Gasteiger partial charge in [0.25, 0.3) is 10.0 Å². The van der Waals surface area contributed by atoms with Crippen LogP contribution in [-0.2, 0) is 10.0 Å². The molecule has 0 spiro atoms. The van der Waals surface area contributed by atoms with E-state index in [4.69, 9.17) is 0 Å². The van der Waals surface area contributed by atoms with Gasteiger partial charge in [-0.25, -0.2) is 8.42 Å². The van der Waals surface area contributed by atoms with Crippen LogP contribution >= 0.6 is 11.3 Å². The van der Waals surface area contributed by atoms with Gasteiger partial charge >= 0.3 is 0 Å². The average molecular weight is 302 g/mol. The van der Waals surface area contributed by atoms with Crippen molar-refractivity contribution in [1.29, 1.82) is 0 Å². The maximum atomic E-state index is 12.4. The molecule has 0 aliphatic carbocycles. The second-order valence-corrected chi connectivity index (χ2v) is 8.13. The molecule has 1 atom stereocenters. The first-order chi connectivity index (χ1) is 9.05. The molecule has 2 rings (SSSR count). The summed E-state index contributed by atoms with van der Waals surface area (Å²) in [6.07, 6.45) is 1.89. The molecular weight excluding hydrogens is 280 g/mol. The summed E-state index contributed by atoms with van der Waals surface area (Å²) in [6.45, 7) is 6.54. The van der Waals surface area contributed by atoms with E-state index in [0.717, 1.165) is 19.4 Å². The van der Waals surface area contributed by atoms with Crippen LogP contribution in [-0.4, -0.2) is 38.4 Å². The maximum absolute atomic E-state index is 12.4. The highest BCUT2D eigenvalue weighted by Crippen LogP contribution is 2.27. The van der Waals surface area contributed by atoms with Gasteiger partial charge in [0.05, 0.1) is 0 Å². The van der Waals surface area contributed by atoms with Crippen LogP contribution < -0.4 is 5.32 Å². The molecule has 2 heterocycles. The van der Waals surface area contributed by atoms with E-state index >= 15 is 0 Å². The molecule has 1 N–H and O–H groups in total. The highest BCUT2D eigenvalue weighted by atomic mass is 32.2. The molecule has 19 heavy (non-hydrogen) atoms. The Balaban J connectivity index is 1.97. The number of thiophene rings is 1. The van der Waals surface area contributed by atoms with E-state index in [1.165, 1.54) is 11.3 Å². The number of rotatable bonds is 5. The Hall–Kier alpha value is -0.430. The molecule has 0 bridgehead atoms. The summed E-state index contributed by atoms with van der Waals surface area (Å²) in [5.41, 5.74) is 0. The van der Waals surface area contributed by atoms with Crippen LogP contribution in [0.3, 0.4) is 0 Å². The summed E-state index contributed by atoms with van der Waals surface area (Å²) in [6, 6.07) is 3.95. The quantitative estimate of drug-likeness (QED) is 0.906.